The van der Waals surface area contributed by atoms with E-state index in [-0.39, 0.29) is 5.69 Å². The van der Waals surface area contributed by atoms with Gasteiger partial charge in [-0.1, -0.05) is 0 Å². The number of nitrogens with zero attached hydrogens (tertiary/aromatic N) is 2. The largest absolute Gasteiger partial charge is 0.475 e. The minimum atomic E-state index is -1.28. The van der Waals surface area contributed by atoms with Crippen LogP contribution in [-0.2, 0) is 0 Å². The van der Waals surface area contributed by atoms with Crippen LogP contribution in [0.3, 0.4) is 0 Å². The van der Waals surface area contributed by atoms with E-state index < -0.39 is 16.7 Å². The van der Waals surface area contributed by atoms with Crippen LogP contribution in [0.2, 0.25) is 0 Å². The Kier molecular flexibility index (Phi) is 2.00. The molecule has 0 radical (unpaired) electrons. The second-order valence-electron chi connectivity index (χ2n) is 1.94. The number of carboxylic acids is 1. The fourth-order valence-corrected chi connectivity index (χ4v) is 0.644. The molecule has 1 aromatic heterocycles. The van der Waals surface area contributed by atoms with E-state index in [1.54, 1.807) is 0 Å². The van der Waals surface area contributed by atoms with Crippen molar-refractivity contribution in [2.24, 2.45) is 0 Å². The van der Waals surface area contributed by atoms with E-state index in [1.807, 2.05) is 0 Å². The molecule has 1 rings (SSSR count). The highest BCUT2D eigenvalue weighted by Crippen LogP contribution is 2.06. The summed E-state index contributed by atoms with van der Waals surface area (Å²) in [5.74, 6) is -1.74. The van der Waals surface area contributed by atoms with Crippen molar-refractivity contribution >= 4 is 11.8 Å². The summed E-state index contributed by atoms with van der Waals surface area (Å²) in [4.78, 5) is 22.9. The van der Waals surface area contributed by atoms with Crippen molar-refractivity contribution in [3.8, 4) is 0 Å². The first-order valence-electron chi connectivity index (χ1n) is 2.96. The van der Waals surface area contributed by atoms with Gasteiger partial charge in [0.15, 0.2) is 0 Å². The van der Waals surface area contributed by atoms with Gasteiger partial charge in [0, 0.05) is 6.07 Å². The van der Waals surface area contributed by atoms with Crippen molar-refractivity contribution in [2.75, 3.05) is 0 Å². The van der Waals surface area contributed by atoms with Gasteiger partial charge in [-0.15, -0.1) is 0 Å². The van der Waals surface area contributed by atoms with Crippen molar-refractivity contribution in [3.63, 3.8) is 0 Å². The summed E-state index contributed by atoms with van der Waals surface area (Å²) < 4.78 is 0. The molecule has 62 valence electrons. The molecule has 6 nitrogen and oxygen atoms in total. The van der Waals surface area contributed by atoms with Gasteiger partial charge in [0.05, 0.1) is 0 Å². The zero-order valence-corrected chi connectivity index (χ0v) is 5.80. The zero-order valence-electron chi connectivity index (χ0n) is 5.80. The Bertz CT molecular complexity index is 307. The van der Waals surface area contributed by atoms with E-state index >= 15 is 0 Å². The maximum Gasteiger partial charge on any atom is 0.380 e. The highest BCUT2D eigenvalue weighted by atomic mass is 16.6. The number of carboxylic acid groups (broad SMARTS) is 1. The fourth-order valence-electron chi connectivity index (χ4n) is 0.644. The lowest BCUT2D eigenvalue weighted by molar-refractivity contribution is -0.389. The normalized spacial score (nSPS) is 9.33. The van der Waals surface area contributed by atoms with Gasteiger partial charge in [-0.25, -0.2) is 4.79 Å². The summed E-state index contributed by atoms with van der Waals surface area (Å²) in [6.07, 6.45) is 0. The summed E-state index contributed by atoms with van der Waals surface area (Å²) in [6.45, 7) is 0. The molecule has 0 bridgehead atoms. The van der Waals surface area contributed by atoms with Crippen molar-refractivity contribution in [3.05, 3.63) is 34.0 Å². The van der Waals surface area contributed by atoms with Gasteiger partial charge in [-0.3, -0.25) is 0 Å². The third-order valence-electron chi connectivity index (χ3n) is 1.14. The van der Waals surface area contributed by atoms with Gasteiger partial charge in [0.1, 0.15) is 0 Å². The van der Waals surface area contributed by atoms with Crippen molar-refractivity contribution in [2.45, 2.75) is 0 Å². The maximum absolute atomic E-state index is 10.3. The number of aromatic carboxylic acids is 1. The van der Waals surface area contributed by atoms with Crippen LogP contribution in [-0.4, -0.2) is 21.0 Å². The number of pyridine rings is 1. The lowest BCUT2D eigenvalue weighted by Crippen LogP contribution is -2.02. The third-order valence-corrected chi connectivity index (χ3v) is 1.14. The number of rotatable bonds is 2. The van der Waals surface area contributed by atoms with E-state index in [2.05, 4.69) is 4.98 Å². The Morgan fingerprint density at radius 3 is 2.75 bits per heavy atom. The molecule has 0 amide bonds. The quantitative estimate of drug-likeness (QED) is 0.517. The van der Waals surface area contributed by atoms with Crippen molar-refractivity contribution in [1.82, 2.24) is 4.98 Å². The molecule has 0 aromatic carbocycles. The topological polar surface area (TPSA) is 93.3 Å². The molecule has 0 unspecified atom stereocenters. The second-order valence-corrected chi connectivity index (χ2v) is 1.94. The number of hydrogen-bond donors (Lipinski definition) is 1. The van der Waals surface area contributed by atoms with Crippen LogP contribution in [0.25, 0.3) is 0 Å². The van der Waals surface area contributed by atoms with Gasteiger partial charge in [-0.2, -0.15) is 0 Å². The highest BCUT2D eigenvalue weighted by molar-refractivity contribution is 5.85. The van der Waals surface area contributed by atoms with Gasteiger partial charge >= 0.3 is 11.8 Å². The molecule has 12 heavy (non-hydrogen) atoms. The van der Waals surface area contributed by atoms with Crippen LogP contribution in [0.5, 0.6) is 0 Å². The first-order valence-corrected chi connectivity index (χ1v) is 2.96. The molecule has 0 atom stereocenters. The smallest absolute Gasteiger partial charge is 0.380 e. The number of nitro groups is 1. The lowest BCUT2D eigenvalue weighted by Gasteiger charge is -1.90. The Morgan fingerprint density at radius 2 is 2.25 bits per heavy atom. The number of carbonyl (C=O) groups is 1. The Balaban J connectivity index is 3.12. The van der Waals surface area contributed by atoms with Crippen molar-refractivity contribution in [1.29, 1.82) is 0 Å². The van der Waals surface area contributed by atoms with Crippen LogP contribution < -0.4 is 0 Å². The van der Waals surface area contributed by atoms with Gasteiger partial charge in [0.2, 0.25) is 0 Å². The predicted octanol–water partition coefficient (Wildman–Crippen LogP) is 0.688. The molecule has 6 heteroatoms. The Hall–Kier alpha value is -1.98. The standard InChI is InChI=1S/C6H4N2O4/c9-6(10)4-2-1-3-5(7-4)8(11)12/h1-3H,(H,9,10). The van der Waals surface area contributed by atoms with E-state index in [0.29, 0.717) is 0 Å². The molecule has 0 fully saturated rings. The van der Waals surface area contributed by atoms with Crippen LogP contribution in [0.4, 0.5) is 5.82 Å². The SMILES string of the molecule is O=C(O)c1cccc([N+](=O)[O-])n1. The number of hydrogen-bond acceptors (Lipinski definition) is 4. The fraction of sp³-hybridized carbons (Fsp3) is 0. The first kappa shape index (κ1) is 8.12. The van der Waals surface area contributed by atoms with E-state index in [4.69, 9.17) is 5.11 Å². The molecule has 1 heterocycles. The predicted molar refractivity (Wildman–Crippen MR) is 37.9 cm³/mol. The van der Waals surface area contributed by atoms with Crippen LogP contribution in [0.1, 0.15) is 10.5 Å². The number of aromatic nitrogens is 1. The third kappa shape index (κ3) is 1.54. The summed E-state index contributed by atoms with van der Waals surface area (Å²) in [6, 6.07) is 3.59. The molecular formula is C6H4N2O4. The molecule has 0 aliphatic rings. The van der Waals surface area contributed by atoms with Crippen LogP contribution in [0, 0.1) is 10.1 Å². The zero-order chi connectivity index (χ0) is 9.14. The second kappa shape index (κ2) is 2.95. The molecule has 0 saturated carbocycles. The molecular weight excluding hydrogens is 164 g/mol. The highest BCUT2D eigenvalue weighted by Gasteiger charge is 2.14. The Labute approximate surface area is 66.6 Å². The molecule has 0 spiro atoms. The molecule has 0 saturated heterocycles. The van der Waals surface area contributed by atoms with Gasteiger partial charge in [0.25, 0.3) is 5.69 Å². The summed E-state index contributed by atoms with van der Waals surface area (Å²) in [7, 11) is 0. The molecule has 0 aliphatic carbocycles. The average Bonchev–Trinajstić information content (AvgIpc) is 2.04. The summed E-state index contributed by atoms with van der Waals surface area (Å²) in [5, 5.41) is 18.5. The maximum atomic E-state index is 10.3. The summed E-state index contributed by atoms with van der Waals surface area (Å²) >= 11 is 0. The minimum Gasteiger partial charge on any atom is -0.475 e. The Morgan fingerprint density at radius 1 is 1.58 bits per heavy atom. The van der Waals surface area contributed by atoms with E-state index in [1.165, 1.54) is 12.1 Å². The average molecular weight is 168 g/mol. The lowest BCUT2D eigenvalue weighted by atomic mass is 10.3. The molecule has 0 aliphatic heterocycles. The van der Waals surface area contributed by atoms with Crippen molar-refractivity contribution < 1.29 is 14.8 Å². The molecule has 1 N–H and O–H groups in total. The molecule has 1 aromatic rings. The van der Waals surface area contributed by atoms with Crippen LogP contribution in [0.15, 0.2) is 18.2 Å². The van der Waals surface area contributed by atoms with Gasteiger partial charge < -0.3 is 15.2 Å². The van der Waals surface area contributed by atoms with E-state index in [0.717, 1.165) is 6.07 Å². The summed E-state index contributed by atoms with van der Waals surface area (Å²) in [5.41, 5.74) is -0.329. The first-order chi connectivity index (χ1) is 5.61. The van der Waals surface area contributed by atoms with E-state index in [9.17, 15) is 14.9 Å². The minimum absolute atomic E-state index is 0.329. The van der Waals surface area contributed by atoms with Gasteiger partial charge in [-0.05, 0) is 22.0 Å². The van der Waals surface area contributed by atoms with Crippen LogP contribution >= 0.6 is 0 Å². The monoisotopic (exact) mass is 168 g/mol.